The van der Waals surface area contributed by atoms with Crippen LogP contribution in [0.1, 0.15) is 16.7 Å². The SMILES string of the molecule is COc1cc(C)c2cc(C#N)ccc2c1-n1c(=O)n(-c2ccccc2C)c(=O)n1C. The van der Waals surface area contributed by atoms with E-state index in [1.807, 2.05) is 26.0 Å². The van der Waals surface area contributed by atoms with Gasteiger partial charge in [-0.05, 0) is 54.6 Å². The van der Waals surface area contributed by atoms with Crippen LogP contribution in [0.15, 0.2) is 58.1 Å². The lowest BCUT2D eigenvalue weighted by atomic mass is 10.0. The van der Waals surface area contributed by atoms with E-state index in [1.54, 1.807) is 43.4 Å². The number of fused-ring (bicyclic) bond motifs is 1. The molecule has 0 amide bonds. The molecule has 30 heavy (non-hydrogen) atoms. The van der Waals surface area contributed by atoms with E-state index in [1.165, 1.54) is 16.5 Å². The molecule has 4 rings (SSSR count). The average Bonchev–Trinajstić information content (AvgIpc) is 2.96. The van der Waals surface area contributed by atoms with E-state index in [0.29, 0.717) is 28.1 Å². The number of benzene rings is 3. The molecule has 0 aliphatic rings. The lowest BCUT2D eigenvalue weighted by Gasteiger charge is -2.16. The molecule has 0 bridgehead atoms. The summed E-state index contributed by atoms with van der Waals surface area (Å²) in [7, 11) is 3.07. The van der Waals surface area contributed by atoms with E-state index in [4.69, 9.17) is 4.74 Å². The summed E-state index contributed by atoms with van der Waals surface area (Å²) >= 11 is 0. The molecule has 3 aromatic carbocycles. The zero-order valence-corrected chi connectivity index (χ0v) is 17.1. The normalized spacial score (nSPS) is 10.9. The number of nitriles is 1. The van der Waals surface area contributed by atoms with E-state index >= 15 is 0 Å². The molecule has 0 aliphatic heterocycles. The van der Waals surface area contributed by atoms with E-state index < -0.39 is 11.4 Å². The third-order valence-electron chi connectivity index (χ3n) is 5.34. The maximum Gasteiger partial charge on any atom is 0.356 e. The smallest absolute Gasteiger partial charge is 0.356 e. The summed E-state index contributed by atoms with van der Waals surface area (Å²) in [5.74, 6) is 0.462. The molecule has 0 spiro atoms. The quantitative estimate of drug-likeness (QED) is 0.529. The Morgan fingerprint density at radius 1 is 0.933 bits per heavy atom. The largest absolute Gasteiger partial charge is 0.494 e. The highest BCUT2D eigenvalue weighted by molar-refractivity contribution is 5.96. The van der Waals surface area contributed by atoms with Crippen molar-refractivity contribution in [2.75, 3.05) is 7.11 Å². The van der Waals surface area contributed by atoms with Gasteiger partial charge < -0.3 is 4.74 Å². The Hall–Kier alpha value is -4.05. The van der Waals surface area contributed by atoms with Crippen molar-refractivity contribution in [2.45, 2.75) is 13.8 Å². The van der Waals surface area contributed by atoms with Crippen LogP contribution in [0.2, 0.25) is 0 Å². The molecule has 0 fully saturated rings. The molecule has 0 saturated heterocycles. The number of hydrogen-bond donors (Lipinski definition) is 0. The maximum atomic E-state index is 13.5. The molecule has 7 nitrogen and oxygen atoms in total. The van der Waals surface area contributed by atoms with Crippen LogP contribution in [-0.2, 0) is 7.05 Å². The third-order valence-corrected chi connectivity index (χ3v) is 5.34. The Labute approximate surface area is 172 Å². The monoisotopic (exact) mass is 400 g/mol. The predicted molar refractivity (Wildman–Crippen MR) is 115 cm³/mol. The van der Waals surface area contributed by atoms with Crippen LogP contribution in [0.5, 0.6) is 5.75 Å². The summed E-state index contributed by atoms with van der Waals surface area (Å²) in [5.41, 5.74) is 2.26. The fourth-order valence-corrected chi connectivity index (χ4v) is 3.80. The number of para-hydroxylation sites is 1. The zero-order valence-electron chi connectivity index (χ0n) is 17.1. The molecule has 150 valence electrons. The van der Waals surface area contributed by atoms with Crippen molar-refractivity contribution in [1.82, 2.24) is 13.9 Å². The molecule has 7 heteroatoms. The van der Waals surface area contributed by atoms with Gasteiger partial charge in [0.15, 0.2) is 0 Å². The molecular formula is C23H20N4O3. The molecule has 4 aromatic rings. The van der Waals surface area contributed by atoms with Gasteiger partial charge in [0, 0.05) is 12.4 Å². The second-order valence-corrected chi connectivity index (χ2v) is 7.14. The van der Waals surface area contributed by atoms with Gasteiger partial charge in [-0.15, -0.1) is 0 Å². The standard InChI is InChI=1S/C23H20N4O3/c1-14-7-5-6-8-19(14)26-22(28)25(3)27(23(26)29)21-17-10-9-16(13-24)12-18(17)15(2)11-20(21)30-4/h5-12H,1-4H3. The summed E-state index contributed by atoms with van der Waals surface area (Å²) in [6.07, 6.45) is 0. The van der Waals surface area contributed by atoms with Gasteiger partial charge in [0.05, 0.1) is 24.4 Å². The molecule has 0 N–H and O–H groups in total. The van der Waals surface area contributed by atoms with E-state index in [9.17, 15) is 14.9 Å². The third kappa shape index (κ3) is 2.73. The van der Waals surface area contributed by atoms with Gasteiger partial charge in [0.25, 0.3) is 0 Å². The summed E-state index contributed by atoms with van der Waals surface area (Å²) in [6.45, 7) is 3.76. The Kier molecular flexibility index (Phi) is 4.55. The first-order valence-electron chi connectivity index (χ1n) is 9.38. The molecule has 0 aliphatic carbocycles. The van der Waals surface area contributed by atoms with E-state index in [-0.39, 0.29) is 0 Å². The highest BCUT2D eigenvalue weighted by Crippen LogP contribution is 2.34. The highest BCUT2D eigenvalue weighted by Gasteiger charge is 2.22. The summed E-state index contributed by atoms with van der Waals surface area (Å²) in [5, 5.41) is 10.8. The minimum atomic E-state index is -0.496. The number of rotatable bonds is 3. The van der Waals surface area contributed by atoms with Crippen LogP contribution < -0.4 is 16.1 Å². The fraction of sp³-hybridized carbons (Fsp3) is 0.174. The van der Waals surface area contributed by atoms with Gasteiger partial charge in [-0.25, -0.2) is 18.8 Å². The Balaban J connectivity index is 2.15. The van der Waals surface area contributed by atoms with Gasteiger partial charge in [-0.1, -0.05) is 24.3 Å². The second-order valence-electron chi connectivity index (χ2n) is 7.14. The van der Waals surface area contributed by atoms with E-state index in [2.05, 4.69) is 6.07 Å². The van der Waals surface area contributed by atoms with Crippen molar-refractivity contribution in [3.8, 4) is 23.2 Å². The van der Waals surface area contributed by atoms with Crippen LogP contribution in [-0.4, -0.2) is 21.0 Å². The summed E-state index contributed by atoms with van der Waals surface area (Å²) < 4.78 is 9.34. The minimum absolute atomic E-state index is 0.458. The fourth-order valence-electron chi connectivity index (χ4n) is 3.80. The van der Waals surface area contributed by atoms with Crippen LogP contribution >= 0.6 is 0 Å². The predicted octanol–water partition coefficient (Wildman–Crippen LogP) is 2.98. The van der Waals surface area contributed by atoms with Gasteiger partial charge in [-0.2, -0.15) is 9.94 Å². The first-order valence-corrected chi connectivity index (χ1v) is 9.38. The first kappa shape index (κ1) is 19.3. The van der Waals surface area contributed by atoms with Crippen LogP contribution in [0, 0.1) is 25.2 Å². The zero-order chi connectivity index (χ0) is 21.6. The van der Waals surface area contributed by atoms with Crippen molar-refractivity contribution in [2.24, 2.45) is 7.05 Å². The molecule has 0 radical (unpaired) electrons. The Bertz CT molecular complexity index is 1470. The number of aryl methyl sites for hydroxylation is 2. The van der Waals surface area contributed by atoms with Gasteiger partial charge >= 0.3 is 11.4 Å². The average molecular weight is 400 g/mol. The number of nitrogens with zero attached hydrogens (tertiary/aromatic N) is 4. The van der Waals surface area contributed by atoms with Crippen molar-refractivity contribution >= 4 is 10.8 Å². The number of methoxy groups -OCH3 is 1. The van der Waals surface area contributed by atoms with Crippen molar-refractivity contribution < 1.29 is 4.74 Å². The van der Waals surface area contributed by atoms with Crippen molar-refractivity contribution in [1.29, 1.82) is 5.26 Å². The van der Waals surface area contributed by atoms with Gasteiger partial charge in [-0.3, -0.25) is 0 Å². The molecule has 0 saturated carbocycles. The summed E-state index contributed by atoms with van der Waals surface area (Å²) in [4.78, 5) is 26.5. The van der Waals surface area contributed by atoms with Crippen LogP contribution in [0.25, 0.3) is 22.1 Å². The van der Waals surface area contributed by atoms with Crippen LogP contribution in [0.4, 0.5) is 0 Å². The molecule has 0 unspecified atom stereocenters. The van der Waals surface area contributed by atoms with Crippen molar-refractivity contribution in [3.63, 3.8) is 0 Å². The second kappa shape index (κ2) is 7.08. The van der Waals surface area contributed by atoms with Crippen molar-refractivity contribution in [3.05, 3.63) is 86.2 Å². The Morgan fingerprint density at radius 2 is 1.67 bits per heavy atom. The van der Waals surface area contributed by atoms with Crippen LogP contribution in [0.3, 0.4) is 0 Å². The number of ether oxygens (including phenoxy) is 1. The molecule has 0 atom stereocenters. The Morgan fingerprint density at radius 3 is 2.33 bits per heavy atom. The van der Waals surface area contributed by atoms with Gasteiger partial charge in [0.1, 0.15) is 11.4 Å². The highest BCUT2D eigenvalue weighted by atomic mass is 16.5. The lowest BCUT2D eigenvalue weighted by Crippen LogP contribution is -2.27. The lowest BCUT2D eigenvalue weighted by molar-refractivity contribution is 0.409. The molecule has 1 aromatic heterocycles. The number of hydrogen-bond acceptors (Lipinski definition) is 4. The minimum Gasteiger partial charge on any atom is -0.494 e. The summed E-state index contributed by atoms with van der Waals surface area (Å²) in [6, 6.07) is 16.4. The molecule has 1 heterocycles. The first-order chi connectivity index (χ1) is 14.4. The number of aromatic nitrogens is 3. The van der Waals surface area contributed by atoms with E-state index in [0.717, 1.165) is 21.1 Å². The maximum absolute atomic E-state index is 13.5. The topological polar surface area (TPSA) is 81.9 Å². The molecular weight excluding hydrogens is 380 g/mol. The van der Waals surface area contributed by atoms with Gasteiger partial charge in [0.2, 0.25) is 0 Å².